The maximum Gasteiger partial charge on any atom is 0.0332 e. The maximum absolute atomic E-state index is 3.89. The van der Waals surface area contributed by atoms with Crippen molar-refractivity contribution in [3.63, 3.8) is 0 Å². The zero-order valence-electron chi connectivity index (χ0n) is 17.8. The summed E-state index contributed by atoms with van der Waals surface area (Å²) in [6, 6.07) is 27.4. The Morgan fingerprint density at radius 1 is 0.581 bits per heavy atom. The standard InChI is InChI=1S/C30H27Br/c31-29-26-7-3-1-5-24(26)28(25-6-2-4-8-27(25)29)22-9-11-23(12-10-22)30-16-19-13-20(17-30)15-21(14-19)18-30/h1-12,19-21H,13-18H2/t19-,20+,21?,30?. The third-order valence-corrected chi connectivity index (χ3v) is 9.54. The highest BCUT2D eigenvalue weighted by Gasteiger charge is 2.51. The third-order valence-electron chi connectivity index (χ3n) is 8.69. The van der Waals surface area contributed by atoms with E-state index in [1.54, 1.807) is 5.56 Å². The molecule has 154 valence electrons. The minimum atomic E-state index is 0.469. The molecule has 4 aromatic rings. The molecular weight excluding hydrogens is 440 g/mol. The summed E-state index contributed by atoms with van der Waals surface area (Å²) >= 11 is 3.89. The van der Waals surface area contributed by atoms with Crippen LogP contribution >= 0.6 is 15.9 Å². The number of hydrogen-bond acceptors (Lipinski definition) is 0. The third kappa shape index (κ3) is 2.72. The van der Waals surface area contributed by atoms with Gasteiger partial charge in [-0.05, 0) is 116 Å². The van der Waals surface area contributed by atoms with Gasteiger partial charge in [-0.3, -0.25) is 0 Å². The molecule has 0 amide bonds. The van der Waals surface area contributed by atoms with Crippen molar-refractivity contribution in [2.24, 2.45) is 17.8 Å². The molecule has 0 saturated heterocycles. The lowest BCUT2D eigenvalue weighted by atomic mass is 9.48. The van der Waals surface area contributed by atoms with E-state index in [4.69, 9.17) is 0 Å². The zero-order valence-corrected chi connectivity index (χ0v) is 19.4. The van der Waals surface area contributed by atoms with E-state index < -0.39 is 0 Å². The van der Waals surface area contributed by atoms with Gasteiger partial charge in [0.1, 0.15) is 0 Å². The van der Waals surface area contributed by atoms with Gasteiger partial charge in [0.2, 0.25) is 0 Å². The Kier molecular flexibility index (Phi) is 3.98. The van der Waals surface area contributed by atoms with E-state index in [1.807, 2.05) is 0 Å². The first-order valence-electron chi connectivity index (χ1n) is 11.9. The largest absolute Gasteiger partial charge is 0.0616 e. The lowest BCUT2D eigenvalue weighted by Gasteiger charge is -2.57. The highest BCUT2D eigenvalue weighted by atomic mass is 79.9. The first-order valence-corrected chi connectivity index (χ1v) is 12.7. The average molecular weight is 467 g/mol. The minimum Gasteiger partial charge on any atom is -0.0616 e. The molecule has 0 radical (unpaired) electrons. The first kappa shape index (κ1) is 18.5. The van der Waals surface area contributed by atoms with Crippen molar-refractivity contribution in [2.75, 3.05) is 0 Å². The summed E-state index contributed by atoms with van der Waals surface area (Å²) in [4.78, 5) is 0. The number of fused-ring (bicyclic) bond motifs is 2. The van der Waals surface area contributed by atoms with E-state index in [9.17, 15) is 0 Å². The first-order chi connectivity index (χ1) is 15.2. The Labute approximate surface area is 192 Å². The molecule has 4 aliphatic carbocycles. The van der Waals surface area contributed by atoms with Crippen molar-refractivity contribution < 1.29 is 0 Å². The highest BCUT2D eigenvalue weighted by molar-refractivity contribution is 9.10. The van der Waals surface area contributed by atoms with Gasteiger partial charge in [-0.15, -0.1) is 0 Å². The molecule has 0 atom stereocenters. The van der Waals surface area contributed by atoms with Crippen molar-refractivity contribution in [2.45, 2.75) is 43.9 Å². The summed E-state index contributed by atoms with van der Waals surface area (Å²) in [6.07, 6.45) is 8.82. The molecule has 0 heterocycles. The summed E-state index contributed by atoms with van der Waals surface area (Å²) in [6.45, 7) is 0. The van der Waals surface area contributed by atoms with E-state index in [2.05, 4.69) is 88.7 Å². The van der Waals surface area contributed by atoms with Gasteiger partial charge in [-0.1, -0.05) is 72.8 Å². The van der Waals surface area contributed by atoms with Crippen LogP contribution in [0.1, 0.15) is 44.1 Å². The van der Waals surface area contributed by atoms with Crippen molar-refractivity contribution in [3.05, 3.63) is 82.8 Å². The molecule has 1 heteroatoms. The lowest BCUT2D eigenvalue weighted by molar-refractivity contribution is -0.00518. The molecule has 0 spiro atoms. The SMILES string of the molecule is Brc1c2ccccc2c(-c2ccc(C34CC5C[C@H](C3)C[C@@H](C5)C4)cc2)c2ccccc12. The van der Waals surface area contributed by atoms with Gasteiger partial charge in [0.25, 0.3) is 0 Å². The van der Waals surface area contributed by atoms with Crippen LogP contribution in [0.25, 0.3) is 32.7 Å². The van der Waals surface area contributed by atoms with Crippen LogP contribution in [0.5, 0.6) is 0 Å². The molecule has 4 saturated carbocycles. The second-order valence-electron chi connectivity index (χ2n) is 10.6. The van der Waals surface area contributed by atoms with Crippen LogP contribution < -0.4 is 0 Å². The minimum absolute atomic E-state index is 0.469. The Balaban J connectivity index is 1.39. The Morgan fingerprint density at radius 2 is 1.03 bits per heavy atom. The van der Waals surface area contributed by atoms with Gasteiger partial charge in [0.15, 0.2) is 0 Å². The monoisotopic (exact) mass is 466 g/mol. The maximum atomic E-state index is 3.89. The van der Waals surface area contributed by atoms with E-state index in [0.717, 1.165) is 17.8 Å². The molecule has 0 aliphatic heterocycles. The Bertz CT molecular complexity index is 1220. The molecule has 4 aromatic carbocycles. The molecule has 31 heavy (non-hydrogen) atoms. The second kappa shape index (κ2) is 6.69. The molecule has 0 nitrogen and oxygen atoms in total. The predicted molar refractivity (Wildman–Crippen MR) is 134 cm³/mol. The molecule has 0 aromatic heterocycles. The molecular formula is C30H27Br. The van der Waals surface area contributed by atoms with Crippen LogP contribution in [0.3, 0.4) is 0 Å². The van der Waals surface area contributed by atoms with E-state index in [1.165, 1.54) is 75.7 Å². The Morgan fingerprint density at radius 3 is 1.52 bits per heavy atom. The van der Waals surface area contributed by atoms with Crippen LogP contribution in [0.4, 0.5) is 0 Å². The van der Waals surface area contributed by atoms with E-state index >= 15 is 0 Å². The van der Waals surface area contributed by atoms with Gasteiger partial charge in [0, 0.05) is 4.47 Å². The van der Waals surface area contributed by atoms with Gasteiger partial charge in [-0.25, -0.2) is 0 Å². The number of hydrogen-bond donors (Lipinski definition) is 0. The summed E-state index contributed by atoms with van der Waals surface area (Å²) in [5.74, 6) is 2.97. The topological polar surface area (TPSA) is 0 Å². The molecule has 4 bridgehead atoms. The Hall–Kier alpha value is -2.12. The van der Waals surface area contributed by atoms with Crippen molar-refractivity contribution in [3.8, 4) is 11.1 Å². The average Bonchev–Trinajstić information content (AvgIpc) is 2.79. The highest BCUT2D eigenvalue weighted by Crippen LogP contribution is 2.60. The quantitative estimate of drug-likeness (QED) is 0.258. The molecule has 4 fully saturated rings. The fraction of sp³-hybridized carbons (Fsp3) is 0.333. The molecule has 4 aliphatic rings. The molecule has 8 rings (SSSR count). The smallest absolute Gasteiger partial charge is 0.0332 e. The summed E-state index contributed by atoms with van der Waals surface area (Å²) in [7, 11) is 0. The molecule has 0 unspecified atom stereocenters. The zero-order chi connectivity index (χ0) is 20.6. The number of halogens is 1. The summed E-state index contributed by atoms with van der Waals surface area (Å²) < 4.78 is 1.20. The predicted octanol–water partition coefficient (Wildman–Crippen LogP) is 8.89. The molecule has 0 N–H and O–H groups in total. The second-order valence-corrected chi connectivity index (χ2v) is 11.3. The van der Waals surface area contributed by atoms with Crippen molar-refractivity contribution in [1.29, 1.82) is 0 Å². The van der Waals surface area contributed by atoms with Crippen molar-refractivity contribution in [1.82, 2.24) is 0 Å². The van der Waals surface area contributed by atoms with Gasteiger partial charge in [-0.2, -0.15) is 0 Å². The fourth-order valence-electron chi connectivity index (χ4n) is 7.84. The summed E-state index contributed by atoms with van der Waals surface area (Å²) in [5.41, 5.74) is 4.79. The number of benzene rings is 4. The van der Waals surface area contributed by atoms with Crippen LogP contribution in [0.2, 0.25) is 0 Å². The van der Waals surface area contributed by atoms with Crippen LogP contribution in [0.15, 0.2) is 77.3 Å². The fourth-order valence-corrected chi connectivity index (χ4v) is 8.53. The van der Waals surface area contributed by atoms with E-state index in [0.29, 0.717) is 5.41 Å². The van der Waals surface area contributed by atoms with Gasteiger partial charge >= 0.3 is 0 Å². The van der Waals surface area contributed by atoms with Crippen LogP contribution in [0, 0.1) is 17.8 Å². The number of rotatable bonds is 2. The normalized spacial score (nSPS) is 29.1. The van der Waals surface area contributed by atoms with Gasteiger partial charge < -0.3 is 0 Å². The van der Waals surface area contributed by atoms with Crippen LogP contribution in [-0.4, -0.2) is 0 Å². The van der Waals surface area contributed by atoms with Crippen LogP contribution in [-0.2, 0) is 5.41 Å². The lowest BCUT2D eigenvalue weighted by Crippen LogP contribution is -2.48. The van der Waals surface area contributed by atoms with Crippen molar-refractivity contribution >= 4 is 37.5 Å². The summed E-state index contributed by atoms with van der Waals surface area (Å²) in [5, 5.41) is 5.24. The van der Waals surface area contributed by atoms with E-state index in [-0.39, 0.29) is 0 Å². The van der Waals surface area contributed by atoms with Gasteiger partial charge in [0.05, 0.1) is 0 Å².